The topological polar surface area (TPSA) is 50.1 Å². The quantitative estimate of drug-likeness (QED) is 0.193. The summed E-state index contributed by atoms with van der Waals surface area (Å²) in [4.78, 5) is 12.8. The second-order valence-corrected chi connectivity index (χ2v) is 10.4. The van der Waals surface area contributed by atoms with Gasteiger partial charge in [0.05, 0.1) is 11.5 Å². The first-order chi connectivity index (χ1) is 16.5. The third kappa shape index (κ3) is 7.73. The highest BCUT2D eigenvalue weighted by Crippen LogP contribution is 2.37. The fraction of sp³-hybridized carbons (Fsp3) is 0.548. The third-order valence-electron chi connectivity index (χ3n) is 7.22. The van der Waals surface area contributed by atoms with Crippen molar-refractivity contribution in [2.45, 2.75) is 97.3 Å². The van der Waals surface area contributed by atoms with E-state index in [0.717, 1.165) is 56.4 Å². The van der Waals surface area contributed by atoms with Crippen LogP contribution in [0.5, 0.6) is 5.75 Å². The number of ether oxygens (including phenoxy) is 1. The fourth-order valence-electron chi connectivity index (χ4n) is 4.93. The van der Waals surface area contributed by atoms with Crippen LogP contribution in [0.15, 0.2) is 42.5 Å². The lowest BCUT2D eigenvalue weighted by Crippen LogP contribution is -2.25. The van der Waals surface area contributed by atoms with Gasteiger partial charge >= 0.3 is 5.97 Å². The molecule has 0 amide bonds. The van der Waals surface area contributed by atoms with E-state index in [-0.39, 0.29) is 11.9 Å². The van der Waals surface area contributed by atoms with Gasteiger partial charge in [-0.2, -0.15) is 5.26 Å². The summed E-state index contributed by atoms with van der Waals surface area (Å²) >= 11 is 0. The Morgan fingerprint density at radius 3 is 2.32 bits per heavy atom. The van der Waals surface area contributed by atoms with E-state index in [9.17, 15) is 10.1 Å². The molecule has 0 N–H and O–H groups in total. The van der Waals surface area contributed by atoms with E-state index in [1.165, 1.54) is 36.8 Å². The Balaban J connectivity index is 1.50. The summed E-state index contributed by atoms with van der Waals surface area (Å²) < 4.78 is 5.72. The number of nitrogens with zero attached hydrogens (tertiary/aromatic N) is 1. The van der Waals surface area contributed by atoms with Crippen molar-refractivity contribution in [2.75, 3.05) is 0 Å². The first-order valence-electron chi connectivity index (χ1n) is 13.3. The standard InChI is InChI=1S/C31H41NO2/c1-4-5-6-7-8-25-13-20-30(29(21-25)22-32)34-31(33)28-18-16-27(17-19-28)26-14-11-24(12-15-26)10-9-23(2)3/h11-15,20-21,23,27-28H,4-10,16-19H2,1-3H3. The number of unbranched alkanes of at least 4 members (excludes halogenated alkanes) is 3. The highest BCUT2D eigenvalue weighted by Gasteiger charge is 2.29. The highest BCUT2D eigenvalue weighted by molar-refractivity contribution is 5.76. The van der Waals surface area contributed by atoms with Gasteiger partial charge in [0.15, 0.2) is 0 Å². The van der Waals surface area contributed by atoms with E-state index in [4.69, 9.17) is 4.74 Å². The lowest BCUT2D eigenvalue weighted by atomic mass is 9.78. The molecule has 0 spiro atoms. The summed E-state index contributed by atoms with van der Waals surface area (Å²) in [6, 6.07) is 17.0. The normalized spacial score (nSPS) is 18.0. The first kappa shape index (κ1) is 26.0. The van der Waals surface area contributed by atoms with E-state index in [1.807, 2.05) is 12.1 Å². The molecule has 1 aliphatic rings. The molecule has 3 rings (SSSR count). The molecule has 182 valence electrons. The monoisotopic (exact) mass is 459 g/mol. The van der Waals surface area contributed by atoms with Crippen LogP contribution in [0.25, 0.3) is 0 Å². The van der Waals surface area contributed by atoms with Crippen molar-refractivity contribution in [2.24, 2.45) is 11.8 Å². The zero-order chi connectivity index (χ0) is 24.3. The molecule has 2 aromatic carbocycles. The molecule has 1 fully saturated rings. The van der Waals surface area contributed by atoms with E-state index in [2.05, 4.69) is 51.1 Å². The number of carbonyl (C=O) groups excluding carboxylic acids is 1. The van der Waals surface area contributed by atoms with Gasteiger partial charge in [-0.3, -0.25) is 4.79 Å². The van der Waals surface area contributed by atoms with Gasteiger partial charge in [-0.05, 0) is 92.0 Å². The molecule has 0 saturated heterocycles. The Morgan fingerprint density at radius 2 is 1.68 bits per heavy atom. The van der Waals surface area contributed by atoms with E-state index < -0.39 is 0 Å². The van der Waals surface area contributed by atoms with Gasteiger partial charge in [0.1, 0.15) is 11.8 Å². The average molecular weight is 460 g/mol. The van der Waals surface area contributed by atoms with Crippen molar-refractivity contribution in [1.29, 1.82) is 5.26 Å². The van der Waals surface area contributed by atoms with Crippen LogP contribution in [0.2, 0.25) is 0 Å². The van der Waals surface area contributed by atoms with Gasteiger partial charge < -0.3 is 4.74 Å². The molecule has 0 bridgehead atoms. The molecule has 0 radical (unpaired) electrons. The summed E-state index contributed by atoms with van der Waals surface area (Å²) in [7, 11) is 0. The zero-order valence-electron chi connectivity index (χ0n) is 21.3. The van der Waals surface area contributed by atoms with Crippen LogP contribution in [0.4, 0.5) is 0 Å². The lowest BCUT2D eigenvalue weighted by Gasteiger charge is -2.27. The third-order valence-corrected chi connectivity index (χ3v) is 7.22. The van der Waals surface area contributed by atoms with Gasteiger partial charge in [0.25, 0.3) is 0 Å². The van der Waals surface area contributed by atoms with Crippen molar-refractivity contribution >= 4 is 5.97 Å². The largest absolute Gasteiger partial charge is 0.425 e. The molecule has 0 aromatic heterocycles. The molecule has 3 nitrogen and oxygen atoms in total. The van der Waals surface area contributed by atoms with Crippen LogP contribution in [-0.2, 0) is 17.6 Å². The minimum atomic E-state index is -0.185. The van der Waals surface area contributed by atoms with Crippen molar-refractivity contribution < 1.29 is 9.53 Å². The molecule has 1 aliphatic carbocycles. The maximum atomic E-state index is 12.8. The Kier molecular flexibility index (Phi) is 10.2. The molecular weight excluding hydrogens is 418 g/mol. The van der Waals surface area contributed by atoms with Gasteiger partial charge in [-0.25, -0.2) is 0 Å². The Morgan fingerprint density at radius 1 is 0.971 bits per heavy atom. The van der Waals surface area contributed by atoms with Crippen LogP contribution in [0.1, 0.15) is 107 Å². The molecule has 0 atom stereocenters. The SMILES string of the molecule is CCCCCCc1ccc(OC(=O)C2CCC(c3ccc(CCC(C)C)cc3)CC2)c(C#N)c1. The summed E-state index contributed by atoms with van der Waals surface area (Å²) in [6.07, 6.45) is 11.8. The maximum Gasteiger partial charge on any atom is 0.314 e. The molecule has 0 heterocycles. The van der Waals surface area contributed by atoms with Gasteiger partial charge in [0.2, 0.25) is 0 Å². The minimum absolute atomic E-state index is 0.0816. The summed E-state index contributed by atoms with van der Waals surface area (Å²) in [5.41, 5.74) is 4.41. The minimum Gasteiger partial charge on any atom is -0.425 e. The van der Waals surface area contributed by atoms with Crippen LogP contribution in [-0.4, -0.2) is 5.97 Å². The highest BCUT2D eigenvalue weighted by atomic mass is 16.5. The van der Waals surface area contributed by atoms with Gasteiger partial charge in [0, 0.05) is 0 Å². The molecule has 0 aliphatic heterocycles. The maximum absolute atomic E-state index is 12.8. The van der Waals surface area contributed by atoms with E-state index in [0.29, 0.717) is 17.2 Å². The van der Waals surface area contributed by atoms with Crippen LogP contribution >= 0.6 is 0 Å². The molecule has 3 heteroatoms. The van der Waals surface area contributed by atoms with Crippen LogP contribution in [0.3, 0.4) is 0 Å². The molecular formula is C31H41NO2. The first-order valence-corrected chi connectivity index (χ1v) is 13.3. The van der Waals surface area contributed by atoms with E-state index in [1.54, 1.807) is 6.07 Å². The van der Waals surface area contributed by atoms with Crippen molar-refractivity contribution in [3.05, 3.63) is 64.7 Å². The smallest absolute Gasteiger partial charge is 0.314 e. The van der Waals surface area contributed by atoms with Crippen LogP contribution < -0.4 is 4.74 Å². The van der Waals surface area contributed by atoms with Gasteiger partial charge in [-0.1, -0.05) is 70.4 Å². The summed E-state index contributed by atoms with van der Waals surface area (Å²) in [5, 5.41) is 9.58. The predicted molar refractivity (Wildman–Crippen MR) is 139 cm³/mol. The predicted octanol–water partition coefficient (Wildman–Crippen LogP) is 8.15. The van der Waals surface area contributed by atoms with Crippen LogP contribution in [0, 0.1) is 23.2 Å². The summed E-state index contributed by atoms with van der Waals surface area (Å²) in [6.45, 7) is 6.74. The van der Waals surface area contributed by atoms with Crippen molar-refractivity contribution in [1.82, 2.24) is 0 Å². The van der Waals surface area contributed by atoms with Crippen molar-refractivity contribution in [3.8, 4) is 11.8 Å². The number of benzene rings is 2. The summed E-state index contributed by atoms with van der Waals surface area (Å²) in [5.74, 6) is 1.39. The number of aryl methyl sites for hydroxylation is 2. The second kappa shape index (κ2) is 13.3. The number of hydrogen-bond donors (Lipinski definition) is 0. The molecule has 0 unspecified atom stereocenters. The second-order valence-electron chi connectivity index (χ2n) is 10.4. The number of rotatable bonds is 11. The Labute approximate surface area is 206 Å². The number of nitriles is 1. The Hall–Kier alpha value is -2.60. The molecule has 34 heavy (non-hydrogen) atoms. The average Bonchev–Trinajstić information content (AvgIpc) is 2.86. The molecule has 1 saturated carbocycles. The number of hydrogen-bond acceptors (Lipinski definition) is 3. The number of carbonyl (C=O) groups is 1. The van der Waals surface area contributed by atoms with Crippen molar-refractivity contribution in [3.63, 3.8) is 0 Å². The fourth-order valence-corrected chi connectivity index (χ4v) is 4.93. The Bertz CT molecular complexity index is 946. The lowest BCUT2D eigenvalue weighted by molar-refractivity contribution is -0.140. The van der Waals surface area contributed by atoms with E-state index >= 15 is 0 Å². The molecule has 2 aromatic rings. The van der Waals surface area contributed by atoms with Gasteiger partial charge in [-0.15, -0.1) is 0 Å². The zero-order valence-corrected chi connectivity index (χ0v) is 21.3. The number of esters is 1.